The molecule has 10 heteroatoms. The number of ether oxygens (including phenoxy) is 4. The Bertz CT molecular complexity index is 1150. The molecule has 0 aliphatic heterocycles. The largest absolute Gasteiger partial charge is 0.449 e. The molecule has 1 aliphatic carbocycles. The molecular weight excluding hydrogens is 538 g/mol. The van der Waals surface area contributed by atoms with E-state index in [4.69, 9.17) is 18.9 Å². The van der Waals surface area contributed by atoms with E-state index in [2.05, 4.69) is 40.2 Å². The molecule has 0 saturated heterocycles. The van der Waals surface area contributed by atoms with Gasteiger partial charge in [0.1, 0.15) is 17.7 Å². The number of alkyl carbamates (subject to hydrolysis) is 2. The Kier molecular flexibility index (Phi) is 12.2. The van der Waals surface area contributed by atoms with Gasteiger partial charge in [-0.3, -0.25) is 4.79 Å². The predicted octanol–water partition coefficient (Wildman–Crippen LogP) is 4.76. The van der Waals surface area contributed by atoms with Crippen molar-refractivity contribution in [1.29, 1.82) is 0 Å². The summed E-state index contributed by atoms with van der Waals surface area (Å²) in [4.78, 5) is 37.6. The Balaban J connectivity index is 1.36. The maximum absolute atomic E-state index is 13.1. The van der Waals surface area contributed by atoms with Gasteiger partial charge in [0.2, 0.25) is 5.91 Å². The second kappa shape index (κ2) is 15.6. The third kappa shape index (κ3) is 9.19. The van der Waals surface area contributed by atoms with Gasteiger partial charge in [0.05, 0.1) is 26.4 Å². The summed E-state index contributed by atoms with van der Waals surface area (Å²) in [5.41, 5.74) is 2.93. The van der Waals surface area contributed by atoms with Crippen LogP contribution in [0.15, 0.2) is 48.5 Å². The molecule has 0 heterocycles. The molecule has 3 amide bonds. The van der Waals surface area contributed by atoms with E-state index in [9.17, 15) is 14.4 Å². The summed E-state index contributed by atoms with van der Waals surface area (Å²) in [6.07, 6.45) is -0.288. The zero-order valence-corrected chi connectivity index (χ0v) is 25.4. The number of hydrogen-bond acceptors (Lipinski definition) is 7. The number of benzene rings is 2. The highest BCUT2D eigenvalue weighted by Crippen LogP contribution is 2.44. The number of carbonyl (C=O) groups is 3. The summed E-state index contributed by atoms with van der Waals surface area (Å²) in [6.45, 7) is 11.2. The molecule has 2 aromatic rings. The highest BCUT2D eigenvalue weighted by molar-refractivity contribution is 5.90. The fourth-order valence-corrected chi connectivity index (χ4v) is 4.90. The van der Waals surface area contributed by atoms with E-state index in [0.29, 0.717) is 45.8 Å². The lowest BCUT2D eigenvalue weighted by Gasteiger charge is -2.31. The van der Waals surface area contributed by atoms with Crippen LogP contribution in [0.5, 0.6) is 0 Å². The van der Waals surface area contributed by atoms with Gasteiger partial charge in [-0.15, -0.1) is 0 Å². The van der Waals surface area contributed by atoms with E-state index in [0.717, 1.165) is 22.3 Å². The van der Waals surface area contributed by atoms with Crippen molar-refractivity contribution in [3.05, 3.63) is 59.7 Å². The molecule has 1 aliphatic rings. The number of nitrogens with one attached hydrogen (secondary N) is 3. The minimum absolute atomic E-state index is 0.0583. The van der Waals surface area contributed by atoms with Crippen molar-refractivity contribution in [2.24, 2.45) is 0 Å². The van der Waals surface area contributed by atoms with Crippen molar-refractivity contribution in [2.45, 2.75) is 64.5 Å². The highest BCUT2D eigenvalue weighted by atomic mass is 16.6. The molecule has 0 fully saturated rings. The zero-order valence-electron chi connectivity index (χ0n) is 25.4. The minimum atomic E-state index is -1.09. The predicted molar refractivity (Wildman–Crippen MR) is 160 cm³/mol. The van der Waals surface area contributed by atoms with E-state index >= 15 is 0 Å². The van der Waals surface area contributed by atoms with Gasteiger partial charge >= 0.3 is 12.2 Å². The fraction of sp³-hybridized carbons (Fsp3) is 0.531. The van der Waals surface area contributed by atoms with Crippen LogP contribution in [0.4, 0.5) is 9.59 Å². The van der Waals surface area contributed by atoms with Crippen LogP contribution >= 0.6 is 0 Å². The van der Waals surface area contributed by atoms with Crippen molar-refractivity contribution in [3.63, 3.8) is 0 Å². The average Bonchev–Trinajstić information content (AvgIpc) is 3.28. The molecule has 0 atom stereocenters. The van der Waals surface area contributed by atoms with Gasteiger partial charge in [-0.05, 0) is 55.9 Å². The number of rotatable bonds is 15. The third-order valence-electron chi connectivity index (χ3n) is 7.15. The molecule has 2 aromatic carbocycles. The topological polar surface area (TPSA) is 124 Å². The molecule has 3 rings (SSSR count). The lowest BCUT2D eigenvalue weighted by Crippen LogP contribution is -2.58. The van der Waals surface area contributed by atoms with Crippen LogP contribution in [-0.4, -0.2) is 75.4 Å². The molecule has 0 bridgehead atoms. The van der Waals surface area contributed by atoms with E-state index in [-0.39, 0.29) is 25.0 Å². The molecule has 10 nitrogen and oxygen atoms in total. The average molecular weight is 584 g/mol. The van der Waals surface area contributed by atoms with E-state index in [1.807, 2.05) is 38.1 Å². The monoisotopic (exact) mass is 583 g/mol. The van der Waals surface area contributed by atoms with Gasteiger partial charge < -0.3 is 34.9 Å². The van der Waals surface area contributed by atoms with Gasteiger partial charge in [-0.25, -0.2) is 9.59 Å². The number of carbonyl (C=O) groups excluding carboxylic acids is 3. The Labute approximate surface area is 248 Å². The lowest BCUT2D eigenvalue weighted by molar-refractivity contribution is -0.128. The van der Waals surface area contributed by atoms with Crippen LogP contribution in [0.1, 0.15) is 64.5 Å². The molecule has 42 heavy (non-hydrogen) atoms. The molecular formula is C32H45N3O7. The van der Waals surface area contributed by atoms with Crippen molar-refractivity contribution in [1.82, 2.24) is 16.0 Å². The van der Waals surface area contributed by atoms with Crippen LogP contribution in [0, 0.1) is 0 Å². The van der Waals surface area contributed by atoms with Crippen LogP contribution < -0.4 is 16.0 Å². The smallest absolute Gasteiger partial charge is 0.408 e. The summed E-state index contributed by atoms with van der Waals surface area (Å²) in [7, 11) is 0. The first kappa shape index (κ1) is 32.9. The standard InChI is InChI=1S/C32H45N3O7/c1-6-32(7-2,28(36)33-16-18-39-20-21-40-19-17-34-29(37)42-31(3,4)5)35-30(38)41-22-27-25-14-10-8-12-23(25)24-13-9-11-15-26(24)27/h8-15,27H,6-7,16-22H2,1-5H3,(H,33,36)(H,34,37)(H,35,38). The van der Waals surface area contributed by atoms with Crippen molar-refractivity contribution in [2.75, 3.05) is 46.1 Å². The Hall–Kier alpha value is -3.63. The number of fused-ring (bicyclic) bond motifs is 3. The molecule has 3 N–H and O–H groups in total. The lowest BCUT2D eigenvalue weighted by atomic mass is 9.92. The summed E-state index contributed by atoms with van der Waals surface area (Å²) in [5, 5.41) is 8.31. The third-order valence-corrected chi connectivity index (χ3v) is 7.15. The first-order valence-electron chi connectivity index (χ1n) is 14.6. The second-order valence-electron chi connectivity index (χ2n) is 11.1. The van der Waals surface area contributed by atoms with E-state index < -0.39 is 23.3 Å². The molecule has 0 radical (unpaired) electrons. The normalized spacial score (nSPS) is 12.7. The maximum Gasteiger partial charge on any atom is 0.408 e. The second-order valence-corrected chi connectivity index (χ2v) is 11.1. The molecule has 230 valence electrons. The van der Waals surface area contributed by atoms with Gasteiger partial charge in [0.15, 0.2) is 0 Å². The Morgan fingerprint density at radius 2 is 1.26 bits per heavy atom. The van der Waals surface area contributed by atoms with Crippen molar-refractivity contribution >= 4 is 18.1 Å². The van der Waals surface area contributed by atoms with Gasteiger partial charge in [0.25, 0.3) is 0 Å². The van der Waals surface area contributed by atoms with Crippen LogP contribution in [0.3, 0.4) is 0 Å². The van der Waals surface area contributed by atoms with E-state index in [1.165, 1.54) is 0 Å². The van der Waals surface area contributed by atoms with Crippen LogP contribution in [0.25, 0.3) is 11.1 Å². The fourth-order valence-electron chi connectivity index (χ4n) is 4.90. The maximum atomic E-state index is 13.1. The molecule has 0 unspecified atom stereocenters. The Morgan fingerprint density at radius 1 is 0.738 bits per heavy atom. The highest BCUT2D eigenvalue weighted by Gasteiger charge is 2.37. The SMILES string of the molecule is CCC(CC)(NC(=O)OCC1c2ccccc2-c2ccccc21)C(=O)NCCOCCOCCNC(=O)OC(C)(C)C. The van der Waals surface area contributed by atoms with Gasteiger partial charge in [0, 0.05) is 19.0 Å². The first-order chi connectivity index (χ1) is 20.1. The zero-order chi connectivity index (χ0) is 30.6. The van der Waals surface area contributed by atoms with E-state index in [1.54, 1.807) is 20.8 Å². The molecule has 0 aromatic heterocycles. The van der Waals surface area contributed by atoms with Gasteiger partial charge in [-0.2, -0.15) is 0 Å². The number of hydrogen-bond donors (Lipinski definition) is 3. The van der Waals surface area contributed by atoms with Crippen LogP contribution in [0.2, 0.25) is 0 Å². The van der Waals surface area contributed by atoms with Crippen molar-refractivity contribution in [3.8, 4) is 11.1 Å². The van der Waals surface area contributed by atoms with Crippen LogP contribution in [-0.2, 0) is 23.7 Å². The first-order valence-corrected chi connectivity index (χ1v) is 14.6. The summed E-state index contributed by atoms with van der Waals surface area (Å²) >= 11 is 0. The summed E-state index contributed by atoms with van der Waals surface area (Å²) in [6, 6.07) is 16.3. The molecule has 0 spiro atoms. The quantitative estimate of drug-likeness (QED) is 0.258. The molecule has 0 saturated carbocycles. The summed E-state index contributed by atoms with van der Waals surface area (Å²) < 4.78 is 21.8. The minimum Gasteiger partial charge on any atom is -0.449 e. The number of amides is 3. The summed E-state index contributed by atoms with van der Waals surface area (Å²) in [5.74, 6) is -0.342. The Morgan fingerprint density at radius 3 is 1.79 bits per heavy atom. The van der Waals surface area contributed by atoms with Crippen molar-refractivity contribution < 1.29 is 33.3 Å². The van der Waals surface area contributed by atoms with Gasteiger partial charge in [-0.1, -0.05) is 62.4 Å².